The first-order valence-corrected chi connectivity index (χ1v) is 11.7. The highest BCUT2D eigenvalue weighted by Crippen LogP contribution is 2.27. The number of ether oxygens (including phenoxy) is 1. The average molecular weight is 483 g/mol. The predicted molar refractivity (Wildman–Crippen MR) is 121 cm³/mol. The zero-order chi connectivity index (χ0) is 24.8. The molecule has 0 N–H and O–H groups in total. The Morgan fingerprint density at radius 2 is 1.73 bits per heavy atom. The standard InChI is InChI=1S/C23H25F3N2O4S/c1-5-32-22(29)15-28(27-17(4)23(24,25)26)16(3)18-10-12-19(13-11-18)20-8-7-9-21(14-20)33(30,31)6-2/h7-14H,3,5-6,15H2,1-2,4H3/b27-17+. The third-order valence-corrected chi connectivity index (χ3v) is 6.43. The van der Waals surface area contributed by atoms with E-state index in [4.69, 9.17) is 4.74 Å². The van der Waals surface area contributed by atoms with E-state index < -0.39 is 34.2 Å². The number of nitrogens with zero attached hydrogens (tertiary/aromatic N) is 2. The van der Waals surface area contributed by atoms with E-state index in [9.17, 15) is 26.4 Å². The summed E-state index contributed by atoms with van der Waals surface area (Å²) >= 11 is 0. The molecule has 178 valence electrons. The van der Waals surface area contributed by atoms with Crippen LogP contribution in [0.5, 0.6) is 0 Å². The van der Waals surface area contributed by atoms with Crippen LogP contribution in [0.15, 0.2) is 65.1 Å². The minimum absolute atomic E-state index is 0.0244. The minimum Gasteiger partial charge on any atom is -0.465 e. The van der Waals surface area contributed by atoms with Crippen LogP contribution in [0.4, 0.5) is 13.2 Å². The van der Waals surface area contributed by atoms with E-state index >= 15 is 0 Å². The van der Waals surface area contributed by atoms with Gasteiger partial charge in [-0.2, -0.15) is 18.3 Å². The zero-order valence-electron chi connectivity index (χ0n) is 18.5. The van der Waals surface area contributed by atoms with Gasteiger partial charge in [0.1, 0.15) is 12.3 Å². The summed E-state index contributed by atoms with van der Waals surface area (Å²) in [6.07, 6.45) is -4.67. The number of alkyl halides is 3. The van der Waals surface area contributed by atoms with Crippen LogP contribution in [-0.2, 0) is 19.4 Å². The van der Waals surface area contributed by atoms with E-state index in [2.05, 4.69) is 11.7 Å². The molecule has 0 amide bonds. The molecule has 2 aromatic carbocycles. The van der Waals surface area contributed by atoms with Crippen molar-refractivity contribution in [3.63, 3.8) is 0 Å². The SMILES string of the molecule is C=C(c1ccc(-c2cccc(S(=O)(=O)CC)c2)cc1)N(CC(=O)OCC)/N=C(\C)C(F)(F)F. The van der Waals surface area contributed by atoms with Gasteiger partial charge in [-0.15, -0.1) is 0 Å². The van der Waals surface area contributed by atoms with Crippen molar-refractivity contribution < 1.29 is 31.1 Å². The lowest BCUT2D eigenvalue weighted by atomic mass is 10.0. The van der Waals surface area contributed by atoms with Crippen LogP contribution < -0.4 is 0 Å². The lowest BCUT2D eigenvalue weighted by Crippen LogP contribution is -2.29. The fourth-order valence-corrected chi connectivity index (χ4v) is 3.72. The molecule has 0 aromatic heterocycles. The molecule has 0 fully saturated rings. The van der Waals surface area contributed by atoms with Crippen LogP contribution >= 0.6 is 0 Å². The molecular weight excluding hydrogens is 457 g/mol. The number of hydrazone groups is 1. The number of halogens is 3. The summed E-state index contributed by atoms with van der Waals surface area (Å²) in [5.74, 6) is -0.772. The number of hydrogen-bond acceptors (Lipinski definition) is 6. The first-order valence-electron chi connectivity index (χ1n) is 10.1. The lowest BCUT2D eigenvalue weighted by Gasteiger charge is -2.22. The van der Waals surface area contributed by atoms with E-state index in [1.165, 1.54) is 6.07 Å². The second-order valence-corrected chi connectivity index (χ2v) is 9.28. The van der Waals surface area contributed by atoms with Gasteiger partial charge in [0.05, 0.1) is 23.0 Å². The highest BCUT2D eigenvalue weighted by atomic mass is 32.2. The van der Waals surface area contributed by atoms with Gasteiger partial charge in [0.2, 0.25) is 0 Å². The second kappa shape index (κ2) is 10.7. The van der Waals surface area contributed by atoms with Crippen LogP contribution in [-0.4, -0.2) is 50.2 Å². The van der Waals surface area contributed by atoms with E-state index in [1.807, 2.05) is 0 Å². The maximum Gasteiger partial charge on any atom is 0.430 e. The van der Waals surface area contributed by atoms with Gasteiger partial charge in [0.15, 0.2) is 9.84 Å². The third kappa shape index (κ3) is 6.92. The molecule has 0 unspecified atom stereocenters. The second-order valence-electron chi connectivity index (χ2n) is 7.00. The summed E-state index contributed by atoms with van der Waals surface area (Å²) in [4.78, 5) is 12.1. The zero-order valence-corrected chi connectivity index (χ0v) is 19.3. The fraction of sp³-hybridized carbons (Fsp3) is 0.304. The molecule has 0 aliphatic rings. The van der Waals surface area contributed by atoms with Crippen molar-refractivity contribution >= 4 is 27.2 Å². The summed E-state index contributed by atoms with van der Waals surface area (Å²) in [5.41, 5.74) is 0.723. The third-order valence-electron chi connectivity index (χ3n) is 4.70. The molecular formula is C23H25F3N2O4S. The normalized spacial score (nSPS) is 12.4. The molecule has 0 atom stereocenters. The van der Waals surface area contributed by atoms with Crippen LogP contribution in [0, 0.1) is 0 Å². The number of esters is 1. The summed E-state index contributed by atoms with van der Waals surface area (Å²) in [5, 5.41) is 4.38. The van der Waals surface area contributed by atoms with Crippen LogP contribution in [0.3, 0.4) is 0 Å². The number of benzene rings is 2. The Labute approximate surface area is 191 Å². The van der Waals surface area contributed by atoms with Crippen molar-refractivity contribution in [3.05, 3.63) is 60.7 Å². The van der Waals surface area contributed by atoms with Crippen molar-refractivity contribution in [1.82, 2.24) is 5.01 Å². The molecule has 0 bridgehead atoms. The largest absolute Gasteiger partial charge is 0.465 e. The molecule has 0 aliphatic heterocycles. The molecule has 0 saturated heterocycles. The molecule has 0 heterocycles. The van der Waals surface area contributed by atoms with E-state index in [-0.39, 0.29) is 23.0 Å². The van der Waals surface area contributed by atoms with Gasteiger partial charge >= 0.3 is 12.1 Å². The quantitative estimate of drug-likeness (QED) is 0.288. The Kier molecular flexibility index (Phi) is 8.43. The maximum atomic E-state index is 13.0. The number of hydrogen-bond donors (Lipinski definition) is 0. The van der Waals surface area contributed by atoms with Crippen molar-refractivity contribution in [3.8, 4) is 11.1 Å². The van der Waals surface area contributed by atoms with Gasteiger partial charge in [0.25, 0.3) is 0 Å². The molecule has 0 spiro atoms. The summed E-state index contributed by atoms with van der Waals surface area (Å²) in [6, 6.07) is 13.1. The molecule has 33 heavy (non-hydrogen) atoms. The van der Waals surface area contributed by atoms with Gasteiger partial charge in [0, 0.05) is 0 Å². The van der Waals surface area contributed by atoms with Crippen molar-refractivity contribution in [1.29, 1.82) is 0 Å². The molecule has 0 saturated carbocycles. The van der Waals surface area contributed by atoms with Crippen LogP contribution in [0.1, 0.15) is 26.3 Å². The maximum absolute atomic E-state index is 13.0. The average Bonchev–Trinajstić information content (AvgIpc) is 2.77. The van der Waals surface area contributed by atoms with Crippen LogP contribution in [0.25, 0.3) is 16.8 Å². The fourth-order valence-electron chi connectivity index (χ4n) is 2.80. The van der Waals surface area contributed by atoms with Gasteiger partial charge in [-0.25, -0.2) is 8.42 Å². The predicted octanol–water partition coefficient (Wildman–Crippen LogP) is 4.92. The highest BCUT2D eigenvalue weighted by molar-refractivity contribution is 7.91. The Bertz CT molecular complexity index is 1140. The van der Waals surface area contributed by atoms with Gasteiger partial charge in [-0.3, -0.25) is 9.80 Å². The Balaban J connectivity index is 2.36. The van der Waals surface area contributed by atoms with E-state index in [0.29, 0.717) is 16.7 Å². The summed E-state index contributed by atoms with van der Waals surface area (Å²) < 4.78 is 68.1. The Morgan fingerprint density at radius 1 is 1.09 bits per heavy atom. The van der Waals surface area contributed by atoms with E-state index in [1.54, 1.807) is 56.3 Å². The van der Waals surface area contributed by atoms with E-state index in [0.717, 1.165) is 11.9 Å². The minimum atomic E-state index is -4.67. The lowest BCUT2D eigenvalue weighted by molar-refractivity contribution is -0.143. The molecule has 2 rings (SSSR count). The topological polar surface area (TPSA) is 76.0 Å². The first kappa shape index (κ1) is 26.1. The van der Waals surface area contributed by atoms with Crippen molar-refractivity contribution in [2.24, 2.45) is 5.10 Å². The number of carbonyl (C=O) groups excluding carboxylic acids is 1. The van der Waals surface area contributed by atoms with Crippen molar-refractivity contribution in [2.75, 3.05) is 18.9 Å². The Hall–Kier alpha value is -3.14. The van der Waals surface area contributed by atoms with Gasteiger partial charge in [-0.1, -0.05) is 49.9 Å². The molecule has 2 aromatic rings. The van der Waals surface area contributed by atoms with Gasteiger partial charge < -0.3 is 4.74 Å². The molecule has 6 nitrogen and oxygen atoms in total. The molecule has 10 heteroatoms. The van der Waals surface area contributed by atoms with Crippen LogP contribution in [0.2, 0.25) is 0 Å². The number of sulfone groups is 1. The molecule has 0 radical (unpaired) electrons. The van der Waals surface area contributed by atoms with Crippen molar-refractivity contribution in [2.45, 2.75) is 31.8 Å². The van der Waals surface area contributed by atoms with Gasteiger partial charge in [-0.05, 0) is 42.7 Å². The Morgan fingerprint density at radius 3 is 2.27 bits per heavy atom. The monoisotopic (exact) mass is 482 g/mol. The molecule has 0 aliphatic carbocycles. The summed E-state index contributed by atoms with van der Waals surface area (Å²) in [7, 11) is -3.37. The summed E-state index contributed by atoms with van der Waals surface area (Å²) in [6.45, 7) is 7.27. The number of carbonyl (C=O) groups is 1. The highest BCUT2D eigenvalue weighted by Gasteiger charge is 2.33. The number of rotatable bonds is 9. The first-order chi connectivity index (χ1) is 15.4. The smallest absolute Gasteiger partial charge is 0.430 e.